The maximum absolute atomic E-state index is 13.5. The van der Waals surface area contributed by atoms with Crippen molar-refractivity contribution < 1.29 is 18.0 Å². The van der Waals surface area contributed by atoms with Gasteiger partial charge in [-0.3, -0.25) is 4.79 Å². The minimum Gasteiger partial charge on any atom is -0.294 e. The van der Waals surface area contributed by atoms with E-state index in [1.54, 1.807) is 18.2 Å². The fourth-order valence-corrected chi connectivity index (χ4v) is 1.84. The molecule has 98 valence electrons. The zero-order valence-electron chi connectivity index (χ0n) is 10.2. The van der Waals surface area contributed by atoms with Gasteiger partial charge < -0.3 is 0 Å². The molecule has 2 aromatic rings. The quantitative estimate of drug-likeness (QED) is 0.608. The van der Waals surface area contributed by atoms with Crippen LogP contribution in [0.2, 0.25) is 0 Å². The SMILES string of the molecule is Cc1cccc(CC(=O)c2ccc(F)c(F)c2F)c1. The third-order valence-corrected chi connectivity index (χ3v) is 2.78. The summed E-state index contributed by atoms with van der Waals surface area (Å²) >= 11 is 0. The van der Waals surface area contributed by atoms with Crippen molar-refractivity contribution >= 4 is 5.78 Å². The molecule has 0 atom stereocenters. The second kappa shape index (κ2) is 5.26. The second-order valence-electron chi connectivity index (χ2n) is 4.31. The highest BCUT2D eigenvalue weighted by Gasteiger charge is 2.18. The molecule has 19 heavy (non-hydrogen) atoms. The van der Waals surface area contributed by atoms with E-state index >= 15 is 0 Å². The lowest BCUT2D eigenvalue weighted by molar-refractivity contribution is 0.0988. The summed E-state index contributed by atoms with van der Waals surface area (Å²) in [6.07, 6.45) is -0.0519. The van der Waals surface area contributed by atoms with Crippen LogP contribution >= 0.6 is 0 Å². The number of Topliss-reactive ketones (excluding diaryl/α,β-unsaturated/α-hetero) is 1. The van der Waals surface area contributed by atoms with Crippen molar-refractivity contribution in [3.05, 3.63) is 70.5 Å². The Morgan fingerprint density at radius 3 is 2.47 bits per heavy atom. The Hall–Kier alpha value is -2.10. The predicted molar refractivity (Wildman–Crippen MR) is 65.5 cm³/mol. The van der Waals surface area contributed by atoms with Gasteiger partial charge in [-0.15, -0.1) is 0 Å². The largest absolute Gasteiger partial charge is 0.294 e. The van der Waals surface area contributed by atoms with E-state index in [9.17, 15) is 18.0 Å². The van der Waals surface area contributed by atoms with Gasteiger partial charge >= 0.3 is 0 Å². The van der Waals surface area contributed by atoms with Crippen LogP contribution in [0.15, 0.2) is 36.4 Å². The topological polar surface area (TPSA) is 17.1 Å². The van der Waals surface area contributed by atoms with E-state index < -0.39 is 28.8 Å². The average Bonchev–Trinajstić information content (AvgIpc) is 2.36. The zero-order chi connectivity index (χ0) is 14.0. The molecule has 0 heterocycles. The van der Waals surface area contributed by atoms with Gasteiger partial charge in [0.05, 0.1) is 5.56 Å². The number of hydrogen-bond acceptors (Lipinski definition) is 1. The Kier molecular flexibility index (Phi) is 3.69. The summed E-state index contributed by atoms with van der Waals surface area (Å²) < 4.78 is 39.3. The van der Waals surface area contributed by atoms with E-state index in [1.165, 1.54) is 0 Å². The van der Waals surface area contributed by atoms with Crippen molar-refractivity contribution in [2.45, 2.75) is 13.3 Å². The van der Waals surface area contributed by atoms with E-state index in [1.807, 2.05) is 13.0 Å². The smallest absolute Gasteiger partial charge is 0.195 e. The Morgan fingerprint density at radius 1 is 1.05 bits per heavy atom. The molecule has 0 N–H and O–H groups in total. The molecular formula is C15H11F3O. The van der Waals surface area contributed by atoms with Crippen LogP contribution in [0.4, 0.5) is 13.2 Å². The van der Waals surface area contributed by atoms with E-state index in [0.29, 0.717) is 5.56 Å². The number of carbonyl (C=O) groups is 1. The summed E-state index contributed by atoms with van der Waals surface area (Å²) in [7, 11) is 0. The molecule has 0 unspecified atom stereocenters. The van der Waals surface area contributed by atoms with Crippen molar-refractivity contribution in [2.24, 2.45) is 0 Å². The summed E-state index contributed by atoms with van der Waals surface area (Å²) in [5, 5.41) is 0. The number of halogens is 3. The molecule has 2 rings (SSSR count). The van der Waals surface area contributed by atoms with Gasteiger partial charge in [-0.25, -0.2) is 13.2 Å². The minimum atomic E-state index is -1.62. The first-order valence-corrected chi connectivity index (χ1v) is 5.71. The second-order valence-corrected chi connectivity index (χ2v) is 4.31. The predicted octanol–water partition coefficient (Wildman–Crippen LogP) is 3.84. The van der Waals surface area contributed by atoms with E-state index in [2.05, 4.69) is 0 Å². The zero-order valence-corrected chi connectivity index (χ0v) is 10.2. The Labute approximate surface area is 108 Å². The fraction of sp³-hybridized carbons (Fsp3) is 0.133. The molecule has 0 aliphatic rings. The number of aryl methyl sites for hydroxylation is 1. The molecule has 0 radical (unpaired) electrons. The Morgan fingerprint density at radius 2 is 1.79 bits per heavy atom. The standard InChI is InChI=1S/C15H11F3O/c1-9-3-2-4-10(7-9)8-13(19)11-5-6-12(16)15(18)14(11)17/h2-7H,8H2,1H3. The molecule has 0 fully saturated rings. The maximum Gasteiger partial charge on any atom is 0.195 e. The molecule has 4 heteroatoms. The van der Waals surface area contributed by atoms with Crippen LogP contribution in [-0.4, -0.2) is 5.78 Å². The first kappa shape index (κ1) is 13.3. The molecule has 2 aromatic carbocycles. The van der Waals surface area contributed by atoms with E-state index in [0.717, 1.165) is 17.7 Å². The molecule has 0 aliphatic heterocycles. The lowest BCUT2D eigenvalue weighted by Gasteiger charge is -2.05. The van der Waals surface area contributed by atoms with Crippen molar-refractivity contribution in [2.75, 3.05) is 0 Å². The third-order valence-electron chi connectivity index (χ3n) is 2.78. The molecule has 0 aliphatic carbocycles. The lowest BCUT2D eigenvalue weighted by Crippen LogP contribution is -2.08. The van der Waals surface area contributed by atoms with Crippen LogP contribution in [0.25, 0.3) is 0 Å². The number of benzene rings is 2. The minimum absolute atomic E-state index is 0.0519. The molecular weight excluding hydrogens is 253 g/mol. The van der Waals surface area contributed by atoms with Crippen molar-refractivity contribution in [1.82, 2.24) is 0 Å². The van der Waals surface area contributed by atoms with Crippen LogP contribution in [0, 0.1) is 24.4 Å². The monoisotopic (exact) mass is 264 g/mol. The highest BCUT2D eigenvalue weighted by molar-refractivity contribution is 5.97. The summed E-state index contributed by atoms with van der Waals surface area (Å²) in [6, 6.07) is 8.87. The summed E-state index contributed by atoms with van der Waals surface area (Å²) in [5.74, 6) is -4.93. The molecule has 0 amide bonds. The van der Waals surface area contributed by atoms with Gasteiger partial charge in [-0.2, -0.15) is 0 Å². The van der Waals surface area contributed by atoms with Gasteiger partial charge in [0.15, 0.2) is 23.2 Å². The van der Waals surface area contributed by atoms with Gasteiger partial charge in [0.25, 0.3) is 0 Å². The Balaban J connectivity index is 2.28. The van der Waals surface area contributed by atoms with Gasteiger partial charge in [0.2, 0.25) is 0 Å². The van der Waals surface area contributed by atoms with Crippen molar-refractivity contribution in [1.29, 1.82) is 0 Å². The van der Waals surface area contributed by atoms with Gasteiger partial charge in [-0.05, 0) is 24.6 Å². The van der Waals surface area contributed by atoms with Gasteiger partial charge in [0, 0.05) is 6.42 Å². The molecule has 0 spiro atoms. The van der Waals surface area contributed by atoms with Gasteiger partial charge in [-0.1, -0.05) is 29.8 Å². The highest BCUT2D eigenvalue weighted by atomic mass is 19.2. The number of hydrogen-bond donors (Lipinski definition) is 0. The first-order valence-electron chi connectivity index (χ1n) is 5.71. The number of rotatable bonds is 3. The molecule has 0 bridgehead atoms. The number of ketones is 1. The average molecular weight is 264 g/mol. The van der Waals surface area contributed by atoms with E-state index in [-0.39, 0.29) is 6.42 Å². The van der Waals surface area contributed by atoms with Crippen LogP contribution in [0.1, 0.15) is 21.5 Å². The highest BCUT2D eigenvalue weighted by Crippen LogP contribution is 2.17. The number of carbonyl (C=O) groups excluding carboxylic acids is 1. The first-order chi connectivity index (χ1) is 8.99. The maximum atomic E-state index is 13.5. The fourth-order valence-electron chi connectivity index (χ4n) is 1.84. The molecule has 0 saturated carbocycles. The summed E-state index contributed by atoms with van der Waals surface area (Å²) in [4.78, 5) is 11.9. The molecule has 0 saturated heterocycles. The molecule has 0 aromatic heterocycles. The lowest BCUT2D eigenvalue weighted by atomic mass is 10.0. The van der Waals surface area contributed by atoms with Crippen LogP contribution in [0.5, 0.6) is 0 Å². The summed E-state index contributed by atoms with van der Waals surface area (Å²) in [5.41, 5.74) is 1.24. The Bertz CT molecular complexity index is 635. The third kappa shape index (κ3) is 2.84. The molecule has 1 nitrogen and oxygen atoms in total. The van der Waals surface area contributed by atoms with E-state index in [4.69, 9.17) is 0 Å². The van der Waals surface area contributed by atoms with Crippen molar-refractivity contribution in [3.63, 3.8) is 0 Å². The normalized spacial score (nSPS) is 10.5. The van der Waals surface area contributed by atoms with Gasteiger partial charge in [0.1, 0.15) is 0 Å². The van der Waals surface area contributed by atoms with Crippen LogP contribution in [0.3, 0.4) is 0 Å². The van der Waals surface area contributed by atoms with Crippen LogP contribution < -0.4 is 0 Å². The van der Waals surface area contributed by atoms with Crippen molar-refractivity contribution in [3.8, 4) is 0 Å². The summed E-state index contributed by atoms with van der Waals surface area (Å²) in [6.45, 7) is 1.87. The van der Waals surface area contributed by atoms with Crippen LogP contribution in [-0.2, 0) is 6.42 Å².